The Morgan fingerprint density at radius 3 is 2.81 bits per heavy atom. The van der Waals surface area contributed by atoms with E-state index in [0.717, 1.165) is 5.56 Å². The van der Waals surface area contributed by atoms with Crippen molar-refractivity contribution in [3.8, 4) is 11.3 Å². The molecule has 0 unspecified atom stereocenters. The Morgan fingerprint density at radius 2 is 2.12 bits per heavy atom. The third-order valence-corrected chi connectivity index (χ3v) is 2.13. The minimum atomic E-state index is -0.110. The maximum atomic E-state index is 11.1. The van der Waals surface area contributed by atoms with E-state index in [1.165, 1.54) is 0 Å². The fourth-order valence-electron chi connectivity index (χ4n) is 1.28. The Bertz CT molecular complexity index is 477. The second-order valence-electron chi connectivity index (χ2n) is 3.30. The van der Waals surface area contributed by atoms with Gasteiger partial charge in [0.1, 0.15) is 0 Å². The van der Waals surface area contributed by atoms with Crippen molar-refractivity contribution in [3.05, 3.63) is 36.5 Å². The second kappa shape index (κ2) is 4.61. The summed E-state index contributed by atoms with van der Waals surface area (Å²) < 4.78 is 5.40. The first-order valence-corrected chi connectivity index (χ1v) is 5.10. The maximum absolute atomic E-state index is 11.1. The molecule has 0 radical (unpaired) electrons. The molecular formula is C12H12N2O2. The van der Waals surface area contributed by atoms with Crippen LogP contribution in [0.25, 0.3) is 11.3 Å². The number of carbonyl (C=O) groups excluding carboxylic acids is 1. The first-order chi connectivity index (χ1) is 7.79. The third kappa shape index (κ3) is 2.28. The highest BCUT2D eigenvalue weighted by Crippen LogP contribution is 2.21. The molecule has 0 aliphatic heterocycles. The van der Waals surface area contributed by atoms with E-state index < -0.39 is 0 Å². The van der Waals surface area contributed by atoms with E-state index >= 15 is 0 Å². The molecular weight excluding hydrogens is 204 g/mol. The number of nitrogens with zero attached hydrogens (tertiary/aromatic N) is 1. The quantitative estimate of drug-likeness (QED) is 0.858. The van der Waals surface area contributed by atoms with Gasteiger partial charge in [-0.1, -0.05) is 37.3 Å². The summed E-state index contributed by atoms with van der Waals surface area (Å²) in [5.74, 6) is 0.536. The van der Waals surface area contributed by atoms with Crippen molar-refractivity contribution in [3.63, 3.8) is 0 Å². The van der Waals surface area contributed by atoms with Crippen LogP contribution in [-0.2, 0) is 4.79 Å². The van der Waals surface area contributed by atoms with Gasteiger partial charge < -0.3 is 4.42 Å². The van der Waals surface area contributed by atoms with E-state index in [2.05, 4.69) is 10.3 Å². The number of amides is 1. The summed E-state index contributed by atoms with van der Waals surface area (Å²) in [5, 5.41) is 2.57. The van der Waals surface area contributed by atoms with Crippen LogP contribution in [0.4, 0.5) is 6.01 Å². The Balaban J connectivity index is 2.17. The Labute approximate surface area is 93.3 Å². The molecule has 4 heteroatoms. The van der Waals surface area contributed by atoms with Gasteiger partial charge in [0.2, 0.25) is 5.91 Å². The van der Waals surface area contributed by atoms with Gasteiger partial charge in [0.05, 0.1) is 6.20 Å². The van der Waals surface area contributed by atoms with Crippen LogP contribution in [0.15, 0.2) is 40.9 Å². The molecule has 0 spiro atoms. The Hall–Kier alpha value is -2.10. The molecule has 1 N–H and O–H groups in total. The van der Waals surface area contributed by atoms with E-state index in [9.17, 15) is 4.79 Å². The van der Waals surface area contributed by atoms with Crippen molar-refractivity contribution in [2.24, 2.45) is 0 Å². The minimum absolute atomic E-state index is 0.110. The molecule has 0 aliphatic rings. The molecule has 0 saturated carbocycles. The van der Waals surface area contributed by atoms with E-state index in [1.54, 1.807) is 13.1 Å². The van der Waals surface area contributed by atoms with Crippen LogP contribution >= 0.6 is 0 Å². The summed E-state index contributed by atoms with van der Waals surface area (Å²) in [5.41, 5.74) is 0.937. The number of benzene rings is 1. The number of aromatic nitrogens is 1. The van der Waals surface area contributed by atoms with Gasteiger partial charge in [-0.05, 0) is 0 Å². The third-order valence-electron chi connectivity index (χ3n) is 2.13. The highest BCUT2D eigenvalue weighted by atomic mass is 16.4. The molecule has 1 aromatic heterocycles. The molecule has 1 heterocycles. The summed E-state index contributed by atoms with van der Waals surface area (Å²) >= 11 is 0. The average Bonchev–Trinajstić information content (AvgIpc) is 2.78. The summed E-state index contributed by atoms with van der Waals surface area (Å²) in [6, 6.07) is 9.85. The van der Waals surface area contributed by atoms with Gasteiger partial charge in [-0.25, -0.2) is 4.98 Å². The number of rotatable bonds is 3. The number of hydrogen-bond acceptors (Lipinski definition) is 3. The zero-order valence-corrected chi connectivity index (χ0v) is 8.93. The van der Waals surface area contributed by atoms with Crippen LogP contribution in [0.1, 0.15) is 13.3 Å². The van der Waals surface area contributed by atoms with Gasteiger partial charge in [-0.3, -0.25) is 10.1 Å². The second-order valence-corrected chi connectivity index (χ2v) is 3.30. The fourth-order valence-corrected chi connectivity index (χ4v) is 1.28. The first-order valence-electron chi connectivity index (χ1n) is 5.10. The zero-order chi connectivity index (χ0) is 11.4. The average molecular weight is 216 g/mol. The van der Waals surface area contributed by atoms with Gasteiger partial charge in [-0.2, -0.15) is 0 Å². The molecule has 1 aromatic carbocycles. The Morgan fingerprint density at radius 1 is 1.38 bits per heavy atom. The lowest BCUT2D eigenvalue weighted by Gasteiger charge is -1.96. The van der Waals surface area contributed by atoms with Crippen molar-refractivity contribution >= 4 is 11.9 Å². The van der Waals surface area contributed by atoms with E-state index in [1.807, 2.05) is 30.3 Å². The summed E-state index contributed by atoms with van der Waals surface area (Å²) in [4.78, 5) is 15.1. The monoisotopic (exact) mass is 216 g/mol. The molecule has 1 amide bonds. The molecule has 2 aromatic rings. The predicted octanol–water partition coefficient (Wildman–Crippen LogP) is 2.69. The standard InChI is InChI=1S/C12H12N2O2/c1-2-11(15)14-12-13-8-10(16-12)9-6-4-3-5-7-9/h3-8H,2H2,1H3,(H,13,14,15). The van der Waals surface area contributed by atoms with Gasteiger partial charge >= 0.3 is 6.01 Å². The minimum Gasteiger partial charge on any atom is -0.423 e. The van der Waals surface area contributed by atoms with Crippen molar-refractivity contribution < 1.29 is 9.21 Å². The first kappa shape index (κ1) is 10.4. The molecule has 4 nitrogen and oxygen atoms in total. The molecule has 0 fully saturated rings. The van der Waals surface area contributed by atoms with Crippen LogP contribution in [0.3, 0.4) is 0 Å². The molecule has 82 valence electrons. The lowest BCUT2D eigenvalue weighted by molar-refractivity contribution is -0.116. The largest absolute Gasteiger partial charge is 0.423 e. The van der Waals surface area contributed by atoms with E-state index in [0.29, 0.717) is 12.2 Å². The number of nitrogens with one attached hydrogen (secondary N) is 1. The molecule has 0 aliphatic carbocycles. The molecule has 16 heavy (non-hydrogen) atoms. The van der Waals surface area contributed by atoms with Gasteiger partial charge in [-0.15, -0.1) is 0 Å². The molecule has 0 bridgehead atoms. The number of hydrogen-bond donors (Lipinski definition) is 1. The molecule has 0 saturated heterocycles. The summed E-state index contributed by atoms with van der Waals surface area (Å²) in [6.45, 7) is 1.77. The van der Waals surface area contributed by atoms with Crippen molar-refractivity contribution in [2.45, 2.75) is 13.3 Å². The van der Waals surface area contributed by atoms with Crippen molar-refractivity contribution in [2.75, 3.05) is 5.32 Å². The van der Waals surface area contributed by atoms with E-state index in [4.69, 9.17) is 4.42 Å². The maximum Gasteiger partial charge on any atom is 0.301 e. The van der Waals surface area contributed by atoms with Crippen LogP contribution in [0, 0.1) is 0 Å². The van der Waals surface area contributed by atoms with Gasteiger partial charge in [0, 0.05) is 12.0 Å². The highest BCUT2D eigenvalue weighted by molar-refractivity contribution is 5.88. The predicted molar refractivity (Wildman–Crippen MR) is 60.9 cm³/mol. The summed E-state index contributed by atoms with van der Waals surface area (Å²) in [6.07, 6.45) is 2.00. The topological polar surface area (TPSA) is 55.1 Å². The number of oxazole rings is 1. The fraction of sp³-hybridized carbons (Fsp3) is 0.167. The zero-order valence-electron chi connectivity index (χ0n) is 8.93. The Kier molecular flexibility index (Phi) is 3.00. The van der Waals surface area contributed by atoms with Crippen LogP contribution < -0.4 is 5.32 Å². The van der Waals surface area contributed by atoms with Gasteiger partial charge in [0.15, 0.2) is 5.76 Å². The smallest absolute Gasteiger partial charge is 0.301 e. The van der Waals surface area contributed by atoms with Gasteiger partial charge in [0.25, 0.3) is 0 Å². The van der Waals surface area contributed by atoms with E-state index in [-0.39, 0.29) is 11.9 Å². The van der Waals surface area contributed by atoms with Crippen LogP contribution in [-0.4, -0.2) is 10.9 Å². The van der Waals surface area contributed by atoms with Crippen LogP contribution in [0.5, 0.6) is 0 Å². The molecule has 2 rings (SSSR count). The van der Waals surface area contributed by atoms with Crippen molar-refractivity contribution in [1.82, 2.24) is 4.98 Å². The SMILES string of the molecule is CCC(=O)Nc1ncc(-c2ccccc2)o1. The highest BCUT2D eigenvalue weighted by Gasteiger charge is 2.07. The summed E-state index contributed by atoms with van der Waals surface area (Å²) in [7, 11) is 0. The molecule has 0 atom stereocenters. The lowest BCUT2D eigenvalue weighted by Crippen LogP contribution is -2.09. The number of carbonyl (C=O) groups is 1. The number of anilines is 1. The van der Waals surface area contributed by atoms with Crippen LogP contribution in [0.2, 0.25) is 0 Å². The van der Waals surface area contributed by atoms with Crippen molar-refractivity contribution in [1.29, 1.82) is 0 Å². The lowest BCUT2D eigenvalue weighted by atomic mass is 10.2. The normalized spacial score (nSPS) is 10.1.